The molecule has 3 nitrogen and oxygen atoms in total. The first-order valence-electron chi connectivity index (χ1n) is 6.71. The van der Waals surface area contributed by atoms with Crippen molar-refractivity contribution in [1.82, 2.24) is 0 Å². The van der Waals surface area contributed by atoms with Crippen LogP contribution in [0.2, 0.25) is 0 Å². The molecule has 106 valence electrons. The molecule has 0 amide bonds. The smallest absolute Gasteiger partial charge is 0.122 e. The third-order valence-corrected chi connectivity index (χ3v) is 4.74. The minimum atomic E-state index is 0.0293. The summed E-state index contributed by atoms with van der Waals surface area (Å²) in [5.74, 6) is 3.02. The Morgan fingerprint density at radius 3 is 2.79 bits per heavy atom. The average molecular weight is 282 g/mol. The highest BCUT2D eigenvalue weighted by atomic mass is 32.2. The first kappa shape index (κ1) is 14.7. The molecule has 1 aliphatic heterocycles. The van der Waals surface area contributed by atoms with Gasteiger partial charge in [-0.05, 0) is 30.7 Å². The Labute approximate surface area is 119 Å². The molecule has 0 unspecified atom stereocenters. The summed E-state index contributed by atoms with van der Waals surface area (Å²) in [5, 5.41) is 9.30. The van der Waals surface area contributed by atoms with E-state index >= 15 is 0 Å². The van der Waals surface area contributed by atoms with Crippen molar-refractivity contribution in [3.8, 4) is 5.75 Å². The van der Waals surface area contributed by atoms with Crippen LogP contribution in [0, 0.1) is 12.3 Å². The van der Waals surface area contributed by atoms with Crippen molar-refractivity contribution in [2.45, 2.75) is 13.3 Å². The summed E-state index contributed by atoms with van der Waals surface area (Å²) in [4.78, 5) is 0. The lowest BCUT2D eigenvalue weighted by molar-refractivity contribution is -0.121. The Kier molecular flexibility index (Phi) is 5.55. The zero-order valence-corrected chi connectivity index (χ0v) is 12.2. The Morgan fingerprint density at radius 1 is 1.37 bits per heavy atom. The van der Waals surface area contributed by atoms with Crippen molar-refractivity contribution in [3.63, 3.8) is 0 Å². The molecule has 1 fully saturated rings. The van der Waals surface area contributed by atoms with Gasteiger partial charge in [-0.15, -0.1) is 0 Å². The van der Waals surface area contributed by atoms with Crippen LogP contribution < -0.4 is 4.74 Å². The van der Waals surface area contributed by atoms with E-state index in [-0.39, 0.29) is 12.0 Å². The second-order valence-electron chi connectivity index (χ2n) is 5.17. The van der Waals surface area contributed by atoms with Crippen LogP contribution in [-0.4, -0.2) is 43.0 Å². The van der Waals surface area contributed by atoms with Gasteiger partial charge in [0, 0.05) is 11.2 Å². The third-order valence-electron chi connectivity index (χ3n) is 3.34. The van der Waals surface area contributed by atoms with Crippen LogP contribution in [0.25, 0.3) is 0 Å². The molecule has 1 N–H and O–H groups in total. The number of rotatable bonds is 8. The highest BCUT2D eigenvalue weighted by Crippen LogP contribution is 2.31. The van der Waals surface area contributed by atoms with Crippen molar-refractivity contribution in [1.29, 1.82) is 0 Å². The monoisotopic (exact) mass is 282 g/mol. The molecule has 0 aromatic heterocycles. The molecule has 4 heteroatoms. The second-order valence-corrected chi connectivity index (χ2v) is 6.28. The Morgan fingerprint density at radius 2 is 2.16 bits per heavy atom. The number of aliphatic hydroxyl groups excluding tert-OH is 1. The molecule has 19 heavy (non-hydrogen) atoms. The SMILES string of the molecule is Cc1ccccc1OCCCSCC1(CO)COC1. The van der Waals surface area contributed by atoms with E-state index in [0.717, 1.165) is 30.3 Å². The van der Waals surface area contributed by atoms with Crippen molar-refractivity contribution < 1.29 is 14.6 Å². The summed E-state index contributed by atoms with van der Waals surface area (Å²) in [6.07, 6.45) is 1.03. The Hall–Kier alpha value is -0.710. The molecule has 0 saturated carbocycles. The molecular weight excluding hydrogens is 260 g/mol. The largest absolute Gasteiger partial charge is 0.493 e. The van der Waals surface area contributed by atoms with Gasteiger partial charge >= 0.3 is 0 Å². The van der Waals surface area contributed by atoms with E-state index in [2.05, 4.69) is 13.0 Å². The third kappa shape index (κ3) is 4.13. The summed E-state index contributed by atoms with van der Waals surface area (Å²) < 4.78 is 10.9. The summed E-state index contributed by atoms with van der Waals surface area (Å²) in [6.45, 7) is 4.46. The van der Waals surface area contributed by atoms with Crippen LogP contribution in [-0.2, 0) is 4.74 Å². The second kappa shape index (κ2) is 7.17. The molecule has 0 radical (unpaired) electrons. The molecule has 2 rings (SSSR count). The number of aliphatic hydroxyl groups is 1. The molecule has 1 aliphatic rings. The molecular formula is C15H22O3S. The number of ether oxygens (including phenoxy) is 2. The van der Waals surface area contributed by atoms with Crippen LogP contribution in [0.3, 0.4) is 0 Å². The lowest BCUT2D eigenvalue weighted by atomic mass is 9.90. The van der Waals surface area contributed by atoms with Gasteiger partial charge in [0.2, 0.25) is 0 Å². The van der Waals surface area contributed by atoms with E-state index in [9.17, 15) is 5.11 Å². The fourth-order valence-corrected chi connectivity index (χ4v) is 3.12. The van der Waals surface area contributed by atoms with Gasteiger partial charge in [-0.25, -0.2) is 0 Å². The predicted octanol–water partition coefficient (Wildman–Crippen LogP) is 2.51. The Bertz CT molecular complexity index is 385. The van der Waals surface area contributed by atoms with Crippen molar-refractivity contribution in [2.75, 3.05) is 37.9 Å². The number of thioether (sulfide) groups is 1. The van der Waals surface area contributed by atoms with Gasteiger partial charge in [0.05, 0.1) is 26.4 Å². The van der Waals surface area contributed by atoms with E-state index < -0.39 is 0 Å². The average Bonchev–Trinajstić information content (AvgIpc) is 2.38. The van der Waals surface area contributed by atoms with Crippen LogP contribution in [0.5, 0.6) is 5.75 Å². The normalized spacial score (nSPS) is 16.9. The van der Waals surface area contributed by atoms with E-state index in [1.807, 2.05) is 30.0 Å². The van der Waals surface area contributed by atoms with Gasteiger partial charge in [-0.2, -0.15) is 11.8 Å². The fraction of sp³-hybridized carbons (Fsp3) is 0.600. The maximum Gasteiger partial charge on any atom is 0.122 e. The van der Waals surface area contributed by atoms with Gasteiger partial charge in [-0.1, -0.05) is 18.2 Å². The Balaban J connectivity index is 1.56. The van der Waals surface area contributed by atoms with Crippen LogP contribution in [0.15, 0.2) is 24.3 Å². The molecule has 1 aromatic carbocycles. The van der Waals surface area contributed by atoms with Gasteiger partial charge in [0.1, 0.15) is 5.75 Å². The number of aryl methyl sites for hydroxylation is 1. The predicted molar refractivity (Wildman–Crippen MR) is 79.0 cm³/mol. The topological polar surface area (TPSA) is 38.7 Å². The van der Waals surface area contributed by atoms with Crippen LogP contribution in [0.1, 0.15) is 12.0 Å². The maximum atomic E-state index is 9.30. The van der Waals surface area contributed by atoms with Crippen molar-refractivity contribution >= 4 is 11.8 Å². The van der Waals surface area contributed by atoms with Gasteiger partial charge in [0.15, 0.2) is 0 Å². The minimum Gasteiger partial charge on any atom is -0.493 e. The standard InChI is InChI=1S/C15H22O3S/c1-13-5-2-3-6-14(13)18-7-4-8-19-12-15(9-16)10-17-11-15/h2-3,5-6,16H,4,7-12H2,1H3. The van der Waals surface area contributed by atoms with E-state index in [1.54, 1.807) is 0 Å². The minimum absolute atomic E-state index is 0.0293. The number of hydrogen-bond donors (Lipinski definition) is 1. The van der Waals surface area contributed by atoms with Gasteiger partial charge in [0.25, 0.3) is 0 Å². The summed E-state index contributed by atoms with van der Waals surface area (Å²) in [5.41, 5.74) is 1.21. The zero-order chi connectivity index (χ0) is 13.6. The zero-order valence-electron chi connectivity index (χ0n) is 11.4. The quantitative estimate of drug-likeness (QED) is 0.744. The number of para-hydroxylation sites is 1. The van der Waals surface area contributed by atoms with Crippen molar-refractivity contribution in [2.24, 2.45) is 5.41 Å². The first-order chi connectivity index (χ1) is 9.26. The molecule has 0 aliphatic carbocycles. The summed E-state index contributed by atoms with van der Waals surface area (Å²) in [6, 6.07) is 8.09. The van der Waals surface area contributed by atoms with Gasteiger partial charge < -0.3 is 14.6 Å². The molecule has 1 aromatic rings. The molecule has 0 bridgehead atoms. The summed E-state index contributed by atoms with van der Waals surface area (Å²) in [7, 11) is 0. The first-order valence-corrected chi connectivity index (χ1v) is 7.86. The lowest BCUT2D eigenvalue weighted by Crippen LogP contribution is -2.47. The highest BCUT2D eigenvalue weighted by molar-refractivity contribution is 7.99. The van der Waals surface area contributed by atoms with Crippen LogP contribution >= 0.6 is 11.8 Å². The van der Waals surface area contributed by atoms with Gasteiger partial charge in [-0.3, -0.25) is 0 Å². The highest BCUT2D eigenvalue weighted by Gasteiger charge is 2.37. The fourth-order valence-electron chi connectivity index (χ4n) is 1.96. The summed E-state index contributed by atoms with van der Waals surface area (Å²) >= 11 is 1.88. The molecule has 1 heterocycles. The molecule has 1 saturated heterocycles. The van der Waals surface area contributed by atoms with E-state index in [1.165, 1.54) is 5.56 Å². The lowest BCUT2D eigenvalue weighted by Gasteiger charge is -2.39. The molecule has 0 atom stereocenters. The van der Waals surface area contributed by atoms with E-state index in [4.69, 9.17) is 9.47 Å². The van der Waals surface area contributed by atoms with Crippen molar-refractivity contribution in [3.05, 3.63) is 29.8 Å². The number of hydrogen-bond acceptors (Lipinski definition) is 4. The number of benzene rings is 1. The molecule has 0 spiro atoms. The maximum absolute atomic E-state index is 9.30. The van der Waals surface area contributed by atoms with Crippen LogP contribution in [0.4, 0.5) is 0 Å². The van der Waals surface area contributed by atoms with E-state index in [0.29, 0.717) is 13.2 Å².